The Labute approximate surface area is 140 Å². The minimum Gasteiger partial charge on any atom is -0.488 e. The average molecular weight is 338 g/mol. The van der Waals surface area contributed by atoms with E-state index >= 15 is 0 Å². The number of carbonyl (C=O) groups is 2. The quantitative estimate of drug-likeness (QED) is 0.831. The molecule has 0 bridgehead atoms. The molecule has 6 nitrogen and oxygen atoms in total. The highest BCUT2D eigenvalue weighted by atomic mass is 35.5. The molecular formula is C16H20ClN3O3. The summed E-state index contributed by atoms with van der Waals surface area (Å²) in [5.74, 6) is 0.547. The van der Waals surface area contributed by atoms with Crippen LogP contribution in [-0.4, -0.2) is 60.6 Å². The minimum atomic E-state index is -0.295. The van der Waals surface area contributed by atoms with Gasteiger partial charge in [0.1, 0.15) is 11.9 Å². The van der Waals surface area contributed by atoms with Gasteiger partial charge in [0.05, 0.1) is 11.6 Å². The van der Waals surface area contributed by atoms with Crippen molar-refractivity contribution in [2.75, 3.05) is 32.7 Å². The molecule has 23 heavy (non-hydrogen) atoms. The number of amides is 3. The third-order valence-electron chi connectivity index (χ3n) is 4.17. The van der Waals surface area contributed by atoms with Crippen LogP contribution >= 0.6 is 11.6 Å². The smallest absolute Gasteiger partial charge is 0.324 e. The predicted molar refractivity (Wildman–Crippen MR) is 86.7 cm³/mol. The van der Waals surface area contributed by atoms with Crippen molar-refractivity contribution in [3.63, 3.8) is 0 Å². The van der Waals surface area contributed by atoms with Crippen LogP contribution in [0.25, 0.3) is 0 Å². The summed E-state index contributed by atoms with van der Waals surface area (Å²) in [4.78, 5) is 26.6. The van der Waals surface area contributed by atoms with Crippen LogP contribution in [0.1, 0.15) is 12.8 Å². The SMILES string of the molecule is O=C1CNC(=O)N1CCN1CCCC(Oc2ccccc2Cl)C1. The molecule has 1 aromatic carbocycles. The fourth-order valence-corrected chi connectivity index (χ4v) is 3.14. The molecule has 0 spiro atoms. The lowest BCUT2D eigenvalue weighted by atomic mass is 10.1. The van der Waals surface area contributed by atoms with Gasteiger partial charge < -0.3 is 10.1 Å². The number of carbonyl (C=O) groups excluding carboxylic acids is 2. The third kappa shape index (κ3) is 3.95. The lowest BCUT2D eigenvalue weighted by Crippen LogP contribution is -2.45. The van der Waals surface area contributed by atoms with Crippen molar-refractivity contribution in [2.45, 2.75) is 18.9 Å². The molecule has 0 aliphatic carbocycles. The number of nitrogens with zero attached hydrogens (tertiary/aromatic N) is 2. The van der Waals surface area contributed by atoms with E-state index in [1.165, 1.54) is 4.90 Å². The molecule has 124 valence electrons. The fraction of sp³-hybridized carbons (Fsp3) is 0.500. The Morgan fingerprint density at radius 2 is 2.09 bits per heavy atom. The largest absolute Gasteiger partial charge is 0.488 e. The Morgan fingerprint density at radius 1 is 1.26 bits per heavy atom. The molecule has 3 amide bonds. The van der Waals surface area contributed by atoms with Gasteiger partial charge in [0.25, 0.3) is 0 Å². The summed E-state index contributed by atoms with van der Waals surface area (Å²) in [5.41, 5.74) is 0. The molecule has 2 fully saturated rings. The lowest BCUT2D eigenvalue weighted by molar-refractivity contribution is -0.125. The van der Waals surface area contributed by atoms with Gasteiger partial charge in [-0.25, -0.2) is 4.79 Å². The molecule has 0 radical (unpaired) electrons. The fourth-order valence-electron chi connectivity index (χ4n) is 2.96. The minimum absolute atomic E-state index is 0.0757. The van der Waals surface area contributed by atoms with E-state index in [0.717, 1.165) is 25.9 Å². The average Bonchev–Trinajstić information content (AvgIpc) is 2.87. The predicted octanol–water partition coefficient (Wildman–Crippen LogP) is 1.73. The van der Waals surface area contributed by atoms with Gasteiger partial charge in [0.2, 0.25) is 5.91 Å². The van der Waals surface area contributed by atoms with Crippen molar-refractivity contribution >= 4 is 23.5 Å². The van der Waals surface area contributed by atoms with Crippen LogP contribution in [0.5, 0.6) is 5.75 Å². The van der Waals surface area contributed by atoms with E-state index in [2.05, 4.69) is 10.2 Å². The Morgan fingerprint density at radius 3 is 2.83 bits per heavy atom. The van der Waals surface area contributed by atoms with Crippen molar-refractivity contribution < 1.29 is 14.3 Å². The maximum atomic E-state index is 11.6. The highest BCUT2D eigenvalue weighted by Gasteiger charge is 2.29. The number of urea groups is 1. The van der Waals surface area contributed by atoms with Crippen LogP contribution in [-0.2, 0) is 4.79 Å². The monoisotopic (exact) mass is 337 g/mol. The molecule has 1 aromatic rings. The first-order valence-electron chi connectivity index (χ1n) is 7.85. The highest BCUT2D eigenvalue weighted by molar-refractivity contribution is 6.32. The Hall–Kier alpha value is -1.79. The number of likely N-dealkylation sites (tertiary alicyclic amines) is 1. The van der Waals surface area contributed by atoms with Gasteiger partial charge in [-0.15, -0.1) is 0 Å². The molecule has 1 atom stereocenters. The molecule has 0 aromatic heterocycles. The first-order valence-corrected chi connectivity index (χ1v) is 8.23. The maximum absolute atomic E-state index is 11.6. The normalized spacial score (nSPS) is 22.3. The van der Waals surface area contributed by atoms with Crippen molar-refractivity contribution in [1.29, 1.82) is 0 Å². The molecular weight excluding hydrogens is 318 g/mol. The maximum Gasteiger partial charge on any atom is 0.324 e. The Kier molecular flexibility index (Phi) is 5.03. The summed E-state index contributed by atoms with van der Waals surface area (Å²) in [6.45, 7) is 2.92. The summed E-state index contributed by atoms with van der Waals surface area (Å²) < 4.78 is 6.00. The molecule has 7 heteroatoms. The van der Waals surface area contributed by atoms with Crippen molar-refractivity contribution in [1.82, 2.24) is 15.1 Å². The molecule has 1 N–H and O–H groups in total. The number of imide groups is 1. The van der Waals surface area contributed by atoms with Gasteiger partial charge in [-0.05, 0) is 31.5 Å². The zero-order valence-electron chi connectivity index (χ0n) is 12.8. The van der Waals surface area contributed by atoms with E-state index < -0.39 is 0 Å². The summed E-state index contributed by atoms with van der Waals surface area (Å²) in [5, 5.41) is 3.15. The Bertz CT molecular complexity index is 580. The van der Waals surface area contributed by atoms with E-state index in [0.29, 0.717) is 23.9 Å². The summed E-state index contributed by atoms with van der Waals surface area (Å²) in [7, 11) is 0. The van der Waals surface area contributed by atoms with Crippen molar-refractivity contribution in [2.24, 2.45) is 0 Å². The van der Waals surface area contributed by atoms with Crippen molar-refractivity contribution in [3.05, 3.63) is 29.3 Å². The molecule has 2 saturated heterocycles. The van der Waals surface area contributed by atoms with E-state index in [9.17, 15) is 9.59 Å². The van der Waals surface area contributed by atoms with Gasteiger partial charge in [0.15, 0.2) is 0 Å². The van der Waals surface area contributed by atoms with Gasteiger partial charge in [-0.3, -0.25) is 14.6 Å². The molecule has 0 saturated carbocycles. The molecule has 1 unspecified atom stereocenters. The number of ether oxygens (including phenoxy) is 1. The third-order valence-corrected chi connectivity index (χ3v) is 4.48. The number of hydrogen-bond donors (Lipinski definition) is 1. The number of piperidine rings is 1. The lowest BCUT2D eigenvalue weighted by Gasteiger charge is -2.33. The number of benzene rings is 1. The van der Waals surface area contributed by atoms with E-state index in [1.807, 2.05) is 24.3 Å². The van der Waals surface area contributed by atoms with Crippen LogP contribution in [0.2, 0.25) is 5.02 Å². The topological polar surface area (TPSA) is 61.9 Å². The first kappa shape index (κ1) is 16.1. The number of para-hydroxylation sites is 1. The van der Waals surface area contributed by atoms with Crippen LogP contribution in [0.3, 0.4) is 0 Å². The van der Waals surface area contributed by atoms with Gasteiger partial charge in [0, 0.05) is 19.6 Å². The first-order chi connectivity index (χ1) is 11.1. The van der Waals surface area contributed by atoms with Crippen LogP contribution in [0.15, 0.2) is 24.3 Å². The van der Waals surface area contributed by atoms with Crippen molar-refractivity contribution in [3.8, 4) is 5.75 Å². The summed E-state index contributed by atoms with van der Waals surface area (Å²) >= 11 is 6.13. The van der Waals surface area contributed by atoms with Gasteiger partial charge >= 0.3 is 6.03 Å². The van der Waals surface area contributed by atoms with E-state index in [-0.39, 0.29) is 24.6 Å². The number of halogens is 1. The second kappa shape index (κ2) is 7.19. The number of nitrogens with one attached hydrogen (secondary N) is 1. The molecule has 3 rings (SSSR count). The highest BCUT2D eigenvalue weighted by Crippen LogP contribution is 2.26. The molecule has 2 aliphatic rings. The zero-order chi connectivity index (χ0) is 16.2. The zero-order valence-corrected chi connectivity index (χ0v) is 13.6. The Balaban J connectivity index is 1.51. The van der Waals surface area contributed by atoms with Crippen LogP contribution < -0.4 is 10.1 Å². The van der Waals surface area contributed by atoms with E-state index in [1.54, 1.807) is 0 Å². The summed E-state index contributed by atoms with van der Waals surface area (Å²) in [6.07, 6.45) is 2.08. The van der Waals surface area contributed by atoms with E-state index in [4.69, 9.17) is 16.3 Å². The molecule has 2 heterocycles. The second-order valence-electron chi connectivity index (χ2n) is 5.82. The van der Waals surface area contributed by atoms with Crippen LogP contribution in [0, 0.1) is 0 Å². The van der Waals surface area contributed by atoms with Gasteiger partial charge in [-0.1, -0.05) is 23.7 Å². The number of hydrogen-bond acceptors (Lipinski definition) is 4. The van der Waals surface area contributed by atoms with Gasteiger partial charge in [-0.2, -0.15) is 0 Å². The molecule has 2 aliphatic heterocycles. The second-order valence-corrected chi connectivity index (χ2v) is 6.22. The number of rotatable bonds is 5. The van der Waals surface area contributed by atoms with Crippen LogP contribution in [0.4, 0.5) is 4.79 Å². The standard InChI is InChI=1S/C16H20ClN3O3/c17-13-5-1-2-6-14(13)23-12-4-3-7-19(11-12)8-9-20-15(21)10-18-16(20)22/h1-2,5-6,12H,3-4,7-11H2,(H,18,22). The summed E-state index contributed by atoms with van der Waals surface area (Å²) in [6, 6.07) is 7.17.